The number of hydrogen-bond donors (Lipinski definition) is 2. The molecule has 0 aliphatic rings. The predicted octanol–water partition coefficient (Wildman–Crippen LogP) is 5.59. The maximum atomic E-state index is 10.1. The number of hydrogen-bond acceptors (Lipinski definition) is 5. The summed E-state index contributed by atoms with van der Waals surface area (Å²) in [5.41, 5.74) is 1.67. The smallest absolute Gasteiger partial charge is 0.175 e. The van der Waals surface area contributed by atoms with E-state index < -0.39 is 6.10 Å². The largest absolute Gasteiger partial charge is 0.504 e. The van der Waals surface area contributed by atoms with Gasteiger partial charge in [-0.2, -0.15) is 0 Å². The lowest BCUT2D eigenvalue weighted by atomic mass is 10.1. The molecule has 5 nitrogen and oxygen atoms in total. The van der Waals surface area contributed by atoms with Crippen LogP contribution in [0.4, 0.5) is 0 Å². The lowest BCUT2D eigenvalue weighted by Crippen LogP contribution is -2.08. The summed E-state index contributed by atoms with van der Waals surface area (Å²) in [7, 11) is 0. The third-order valence-electron chi connectivity index (χ3n) is 3.93. The first kappa shape index (κ1) is 22.4. The minimum Gasteiger partial charge on any atom is -0.504 e. The highest BCUT2D eigenvalue weighted by Crippen LogP contribution is 2.40. The third kappa shape index (κ3) is 5.54. The molecule has 2 aromatic rings. The van der Waals surface area contributed by atoms with Gasteiger partial charge in [0.15, 0.2) is 23.0 Å². The van der Waals surface area contributed by atoms with Crippen molar-refractivity contribution in [3.63, 3.8) is 0 Å². The maximum Gasteiger partial charge on any atom is 0.175 e. The number of phenolic OH excluding ortho intramolecular Hbond substituents is 1. The fourth-order valence-corrected chi connectivity index (χ4v) is 3.92. The number of aromatic hydroxyl groups is 1. The van der Waals surface area contributed by atoms with Crippen LogP contribution in [0.3, 0.4) is 0 Å². The van der Waals surface area contributed by atoms with Crippen LogP contribution in [0.2, 0.25) is 0 Å². The molecule has 0 spiro atoms. The van der Waals surface area contributed by atoms with Crippen molar-refractivity contribution in [3.05, 3.63) is 42.5 Å². The highest BCUT2D eigenvalue weighted by atomic mass is 127. The fraction of sp³-hybridized carbons (Fsp3) is 0.400. The van der Waals surface area contributed by atoms with Crippen LogP contribution in [-0.4, -0.2) is 23.4 Å². The van der Waals surface area contributed by atoms with E-state index in [9.17, 15) is 10.2 Å². The van der Waals surface area contributed by atoms with Crippen LogP contribution in [0.5, 0.6) is 23.0 Å². The Balaban J connectivity index is 2.39. The molecule has 2 aromatic carbocycles. The van der Waals surface area contributed by atoms with Crippen molar-refractivity contribution in [1.29, 1.82) is 0 Å². The van der Waals surface area contributed by atoms with Gasteiger partial charge in [0.25, 0.3) is 0 Å². The van der Waals surface area contributed by atoms with Gasteiger partial charge in [-0.25, -0.2) is 0 Å². The number of aliphatic hydroxyl groups excluding tert-OH is 1. The molecule has 0 saturated heterocycles. The molecular weight excluding hydrogens is 574 g/mol. The summed E-state index contributed by atoms with van der Waals surface area (Å²) < 4.78 is 19.1. The number of phenols is 1. The van der Waals surface area contributed by atoms with Gasteiger partial charge >= 0.3 is 0 Å². The van der Waals surface area contributed by atoms with Crippen LogP contribution in [0.15, 0.2) is 24.3 Å². The van der Waals surface area contributed by atoms with Crippen molar-refractivity contribution >= 4 is 45.2 Å². The maximum absolute atomic E-state index is 10.1. The quantitative estimate of drug-likeness (QED) is 0.388. The second-order valence-corrected chi connectivity index (χ2v) is 8.31. The van der Waals surface area contributed by atoms with E-state index in [0.717, 1.165) is 14.7 Å². The lowest BCUT2D eigenvalue weighted by molar-refractivity contribution is 0.194. The topological polar surface area (TPSA) is 68.2 Å². The number of aliphatic hydroxyl groups is 1. The minimum absolute atomic E-state index is 0.138. The average Bonchev–Trinajstić information content (AvgIpc) is 2.61. The van der Waals surface area contributed by atoms with Crippen molar-refractivity contribution in [2.75, 3.05) is 13.2 Å². The van der Waals surface area contributed by atoms with E-state index in [1.165, 1.54) is 0 Å². The van der Waals surface area contributed by atoms with Gasteiger partial charge in [-0.3, -0.25) is 0 Å². The molecule has 0 bridgehead atoms. The molecule has 0 aliphatic heterocycles. The van der Waals surface area contributed by atoms with Gasteiger partial charge in [0.1, 0.15) is 6.10 Å². The van der Waals surface area contributed by atoms with Crippen LogP contribution in [0, 0.1) is 7.14 Å². The zero-order valence-corrected chi connectivity index (χ0v) is 20.1. The summed E-state index contributed by atoms with van der Waals surface area (Å²) in [6.07, 6.45) is -0.875. The summed E-state index contributed by atoms with van der Waals surface area (Å²) in [5.74, 6) is 1.82. The van der Waals surface area contributed by atoms with Crippen LogP contribution in [0.1, 0.15) is 51.0 Å². The van der Waals surface area contributed by atoms with Gasteiger partial charge < -0.3 is 24.4 Å². The zero-order valence-electron chi connectivity index (χ0n) is 15.8. The standard InChI is InChI=1S/C20H24I2O5/c1-5-25-17-10-14(8-15(21)19(17)24)12(4)27-20-16(22)7-13(11(3)23)9-18(20)26-6-2/h7-12,23-24H,5-6H2,1-4H3. The predicted molar refractivity (Wildman–Crippen MR) is 122 cm³/mol. The molecule has 7 heteroatoms. The second kappa shape index (κ2) is 10.0. The number of benzene rings is 2. The molecule has 0 amide bonds. The summed E-state index contributed by atoms with van der Waals surface area (Å²) >= 11 is 4.27. The van der Waals surface area contributed by atoms with Crippen molar-refractivity contribution in [3.8, 4) is 23.0 Å². The Morgan fingerprint density at radius 3 is 2.04 bits per heavy atom. The van der Waals surface area contributed by atoms with Gasteiger partial charge in [-0.1, -0.05) is 0 Å². The number of rotatable bonds is 8. The number of ether oxygens (including phenoxy) is 3. The Morgan fingerprint density at radius 2 is 1.44 bits per heavy atom. The van der Waals surface area contributed by atoms with E-state index in [0.29, 0.717) is 34.0 Å². The van der Waals surface area contributed by atoms with Crippen LogP contribution < -0.4 is 14.2 Å². The first-order valence-electron chi connectivity index (χ1n) is 8.74. The molecular formula is C20H24I2O5. The Morgan fingerprint density at radius 1 is 0.889 bits per heavy atom. The van der Waals surface area contributed by atoms with E-state index in [4.69, 9.17) is 14.2 Å². The van der Waals surface area contributed by atoms with Gasteiger partial charge in [0.2, 0.25) is 0 Å². The van der Waals surface area contributed by atoms with E-state index >= 15 is 0 Å². The molecule has 27 heavy (non-hydrogen) atoms. The molecule has 2 unspecified atom stereocenters. The SMILES string of the molecule is CCOc1cc(C(C)Oc2c(I)cc(C(C)O)cc2OCC)cc(I)c1O. The fourth-order valence-electron chi connectivity index (χ4n) is 2.55. The van der Waals surface area contributed by atoms with E-state index in [1.807, 2.05) is 39.0 Å². The second-order valence-electron chi connectivity index (χ2n) is 5.98. The van der Waals surface area contributed by atoms with Crippen molar-refractivity contribution in [2.45, 2.75) is 39.9 Å². The third-order valence-corrected chi connectivity index (χ3v) is 5.55. The molecule has 148 valence electrons. The van der Waals surface area contributed by atoms with E-state index in [1.54, 1.807) is 13.0 Å². The normalized spacial score (nSPS) is 13.1. The van der Waals surface area contributed by atoms with Gasteiger partial charge in [-0.15, -0.1) is 0 Å². The highest BCUT2D eigenvalue weighted by molar-refractivity contribution is 14.1. The molecule has 2 N–H and O–H groups in total. The molecule has 0 saturated carbocycles. The minimum atomic E-state index is -0.586. The van der Waals surface area contributed by atoms with Gasteiger partial charge in [0.05, 0.1) is 26.5 Å². The molecule has 2 atom stereocenters. The van der Waals surface area contributed by atoms with Gasteiger partial charge in [0, 0.05) is 0 Å². The molecule has 0 fully saturated rings. The molecule has 0 heterocycles. The Kier molecular flexibility index (Phi) is 8.29. The zero-order chi connectivity index (χ0) is 20.1. The monoisotopic (exact) mass is 598 g/mol. The summed E-state index contributed by atoms with van der Waals surface area (Å²) in [6, 6.07) is 7.37. The molecule has 0 aromatic heterocycles. The summed E-state index contributed by atoms with van der Waals surface area (Å²) in [4.78, 5) is 0. The van der Waals surface area contributed by atoms with Crippen molar-refractivity contribution in [1.82, 2.24) is 0 Å². The Hall–Kier alpha value is -0.940. The average molecular weight is 598 g/mol. The Bertz CT molecular complexity index is 792. The van der Waals surface area contributed by atoms with Crippen LogP contribution in [-0.2, 0) is 0 Å². The molecule has 0 aliphatic carbocycles. The highest BCUT2D eigenvalue weighted by Gasteiger charge is 2.20. The number of halogens is 2. The van der Waals surface area contributed by atoms with Crippen molar-refractivity contribution < 1.29 is 24.4 Å². The van der Waals surface area contributed by atoms with E-state index in [-0.39, 0.29) is 11.9 Å². The summed E-state index contributed by atoms with van der Waals surface area (Å²) in [6.45, 7) is 8.40. The van der Waals surface area contributed by atoms with Gasteiger partial charge in [-0.05, 0) is 108 Å². The van der Waals surface area contributed by atoms with Crippen LogP contribution >= 0.6 is 45.2 Å². The van der Waals surface area contributed by atoms with E-state index in [2.05, 4.69) is 45.2 Å². The lowest BCUT2D eigenvalue weighted by Gasteiger charge is -2.21. The van der Waals surface area contributed by atoms with Crippen LogP contribution in [0.25, 0.3) is 0 Å². The summed E-state index contributed by atoms with van der Waals surface area (Å²) in [5, 5.41) is 20.0. The first-order valence-corrected chi connectivity index (χ1v) is 10.9. The Labute approximate surface area is 187 Å². The van der Waals surface area contributed by atoms with Crippen molar-refractivity contribution in [2.24, 2.45) is 0 Å². The molecule has 0 radical (unpaired) electrons. The first-order chi connectivity index (χ1) is 12.8. The molecule has 2 rings (SSSR count).